The van der Waals surface area contributed by atoms with Crippen molar-refractivity contribution in [3.05, 3.63) is 24.3 Å². The van der Waals surface area contributed by atoms with E-state index in [0.29, 0.717) is 11.5 Å². The lowest BCUT2D eigenvalue weighted by molar-refractivity contribution is -0.244. The monoisotopic (exact) mass is 429 g/mol. The van der Waals surface area contributed by atoms with Gasteiger partial charge in [0.2, 0.25) is 6.29 Å². The van der Waals surface area contributed by atoms with E-state index in [1.165, 1.54) is 7.11 Å². The fourth-order valence-electron chi connectivity index (χ4n) is 2.36. The molecule has 26 heavy (non-hydrogen) atoms. The highest BCUT2D eigenvalue weighted by Gasteiger charge is 2.48. The van der Waals surface area contributed by atoms with Gasteiger partial charge in [0.05, 0.1) is 13.7 Å². The molecule has 0 radical (unpaired) electrons. The van der Waals surface area contributed by atoms with Gasteiger partial charge >= 0.3 is 0 Å². The standard InChI is InChI=1S/C15H18Cl3NO7/c1-24-7-2-4-8(5-3-7)25-13-10(19-14(23)15(16,17)18)12(22)11(21)9(6-20)26-13/h2-5,9-13,20-22H,6H2,1H3,(H,19,23)/t9-,10+,11-,12-,13+/m1/s1. The Labute approximate surface area is 164 Å². The number of rotatable bonds is 5. The van der Waals surface area contributed by atoms with Crippen LogP contribution in [-0.2, 0) is 9.53 Å². The highest BCUT2D eigenvalue weighted by molar-refractivity contribution is 6.76. The van der Waals surface area contributed by atoms with Crippen LogP contribution in [0.4, 0.5) is 0 Å². The summed E-state index contributed by atoms with van der Waals surface area (Å²) in [6, 6.07) is 5.13. The number of halogens is 3. The zero-order chi connectivity index (χ0) is 19.5. The number of methoxy groups -OCH3 is 1. The van der Waals surface area contributed by atoms with Crippen LogP contribution in [0.2, 0.25) is 0 Å². The summed E-state index contributed by atoms with van der Waals surface area (Å²) in [7, 11) is 1.51. The molecule has 1 aliphatic rings. The Bertz CT molecular complexity index is 610. The Morgan fingerprint density at radius 3 is 2.27 bits per heavy atom. The molecule has 0 unspecified atom stereocenters. The summed E-state index contributed by atoms with van der Waals surface area (Å²) in [6.07, 6.45) is -5.43. The van der Waals surface area contributed by atoms with Crippen molar-refractivity contribution < 1.29 is 34.3 Å². The van der Waals surface area contributed by atoms with Gasteiger partial charge in [-0.15, -0.1) is 0 Å². The summed E-state index contributed by atoms with van der Waals surface area (Å²) in [5, 5.41) is 31.9. The quantitative estimate of drug-likeness (QED) is 0.499. The van der Waals surface area contributed by atoms with Gasteiger partial charge in [0, 0.05) is 0 Å². The fraction of sp³-hybridized carbons (Fsp3) is 0.533. The third-order valence-corrected chi connectivity index (χ3v) is 4.26. The lowest BCUT2D eigenvalue weighted by Crippen LogP contribution is -2.66. The fourth-order valence-corrected chi connectivity index (χ4v) is 2.52. The van der Waals surface area contributed by atoms with Crippen LogP contribution in [0.1, 0.15) is 0 Å². The molecular weight excluding hydrogens is 413 g/mol. The number of amides is 1. The van der Waals surface area contributed by atoms with Crippen molar-refractivity contribution in [2.75, 3.05) is 13.7 Å². The molecule has 2 rings (SSSR count). The van der Waals surface area contributed by atoms with Crippen LogP contribution in [0.5, 0.6) is 11.5 Å². The van der Waals surface area contributed by atoms with Crippen LogP contribution in [0.25, 0.3) is 0 Å². The number of nitrogens with one attached hydrogen (secondary N) is 1. The first-order valence-corrected chi connectivity index (χ1v) is 8.61. The molecule has 1 fully saturated rings. The van der Waals surface area contributed by atoms with Crippen molar-refractivity contribution in [1.29, 1.82) is 0 Å². The summed E-state index contributed by atoms with van der Waals surface area (Å²) < 4.78 is 13.8. The third kappa shape index (κ3) is 5.04. The molecule has 146 valence electrons. The smallest absolute Gasteiger partial charge is 0.272 e. The van der Waals surface area contributed by atoms with Crippen LogP contribution in [0, 0.1) is 0 Å². The molecule has 5 atom stereocenters. The SMILES string of the molecule is COc1ccc(O[C@H]2O[C@H](CO)[C@@H](O)[C@H](O)[C@@H]2NC(=O)C(Cl)(Cl)Cl)cc1. The van der Waals surface area contributed by atoms with Gasteiger partial charge in [-0.1, -0.05) is 34.8 Å². The zero-order valence-electron chi connectivity index (χ0n) is 13.5. The highest BCUT2D eigenvalue weighted by Crippen LogP contribution is 2.29. The Morgan fingerprint density at radius 2 is 1.77 bits per heavy atom. The molecule has 1 aliphatic heterocycles. The number of benzene rings is 1. The maximum absolute atomic E-state index is 11.9. The number of hydrogen-bond acceptors (Lipinski definition) is 7. The summed E-state index contributed by atoms with van der Waals surface area (Å²) in [5.74, 6) is -0.121. The van der Waals surface area contributed by atoms with E-state index in [1.54, 1.807) is 24.3 Å². The van der Waals surface area contributed by atoms with Gasteiger partial charge < -0.3 is 34.8 Å². The Kier molecular flexibility index (Phi) is 7.20. The molecule has 8 nitrogen and oxygen atoms in total. The van der Waals surface area contributed by atoms with Crippen LogP contribution in [0.3, 0.4) is 0 Å². The largest absolute Gasteiger partial charge is 0.497 e. The van der Waals surface area contributed by atoms with Crippen molar-refractivity contribution in [3.63, 3.8) is 0 Å². The van der Waals surface area contributed by atoms with E-state index in [2.05, 4.69) is 5.32 Å². The highest BCUT2D eigenvalue weighted by atomic mass is 35.6. The number of ether oxygens (including phenoxy) is 3. The second-order valence-corrected chi connectivity index (χ2v) is 7.78. The molecule has 0 aliphatic carbocycles. The maximum Gasteiger partial charge on any atom is 0.272 e. The molecule has 0 aromatic heterocycles. The van der Waals surface area contributed by atoms with Crippen molar-refractivity contribution in [2.45, 2.75) is 34.4 Å². The maximum atomic E-state index is 11.9. The van der Waals surface area contributed by atoms with Crippen molar-refractivity contribution in [2.24, 2.45) is 0 Å². The topological polar surface area (TPSA) is 117 Å². The van der Waals surface area contributed by atoms with Crippen molar-refractivity contribution in [1.82, 2.24) is 5.32 Å². The van der Waals surface area contributed by atoms with Gasteiger partial charge in [-0.25, -0.2) is 0 Å². The molecule has 0 saturated carbocycles. The minimum atomic E-state index is -2.29. The minimum Gasteiger partial charge on any atom is -0.497 e. The predicted octanol–water partition coefficient (Wildman–Crippen LogP) is 0.368. The normalized spacial score (nSPS) is 29.1. The second kappa shape index (κ2) is 8.79. The van der Waals surface area contributed by atoms with E-state index >= 15 is 0 Å². The third-order valence-electron chi connectivity index (χ3n) is 3.75. The predicted molar refractivity (Wildman–Crippen MR) is 93.6 cm³/mol. The Balaban J connectivity index is 2.22. The molecule has 1 heterocycles. The molecule has 0 spiro atoms. The van der Waals surface area contributed by atoms with Crippen LogP contribution >= 0.6 is 34.8 Å². The average Bonchev–Trinajstić information content (AvgIpc) is 2.60. The van der Waals surface area contributed by atoms with Crippen molar-refractivity contribution in [3.8, 4) is 11.5 Å². The van der Waals surface area contributed by atoms with Crippen molar-refractivity contribution >= 4 is 40.7 Å². The van der Waals surface area contributed by atoms with E-state index in [-0.39, 0.29) is 0 Å². The van der Waals surface area contributed by atoms with E-state index in [4.69, 9.17) is 49.0 Å². The van der Waals surface area contributed by atoms with Gasteiger partial charge in [-0.3, -0.25) is 4.79 Å². The Hall–Kier alpha value is -1.00. The average molecular weight is 431 g/mol. The molecule has 1 saturated heterocycles. The van der Waals surface area contributed by atoms with E-state index in [9.17, 15) is 20.1 Å². The second-order valence-electron chi connectivity index (χ2n) is 5.50. The van der Waals surface area contributed by atoms with Crippen LogP contribution in [0.15, 0.2) is 24.3 Å². The molecule has 11 heteroatoms. The van der Waals surface area contributed by atoms with Gasteiger partial charge in [0.25, 0.3) is 9.70 Å². The summed E-state index contributed by atoms with van der Waals surface area (Å²) in [6.45, 7) is -0.578. The zero-order valence-corrected chi connectivity index (χ0v) is 15.8. The van der Waals surface area contributed by atoms with Crippen LogP contribution in [-0.4, -0.2) is 69.4 Å². The molecule has 0 bridgehead atoms. The first-order valence-electron chi connectivity index (χ1n) is 7.48. The number of carbonyl (C=O) groups is 1. The first-order chi connectivity index (χ1) is 12.2. The van der Waals surface area contributed by atoms with E-state index in [0.717, 1.165) is 0 Å². The number of alkyl halides is 3. The summed E-state index contributed by atoms with van der Waals surface area (Å²) in [4.78, 5) is 11.9. The number of hydrogen-bond donors (Lipinski definition) is 4. The summed E-state index contributed by atoms with van der Waals surface area (Å²) >= 11 is 16.6. The summed E-state index contributed by atoms with van der Waals surface area (Å²) in [5.41, 5.74) is 0. The lowest BCUT2D eigenvalue weighted by Gasteiger charge is -2.42. The van der Waals surface area contributed by atoms with Gasteiger partial charge in [0.15, 0.2) is 0 Å². The first kappa shape index (κ1) is 21.3. The Morgan fingerprint density at radius 1 is 1.19 bits per heavy atom. The van der Waals surface area contributed by atoms with Gasteiger partial charge in [-0.2, -0.15) is 0 Å². The minimum absolute atomic E-state index is 0.323. The van der Waals surface area contributed by atoms with Gasteiger partial charge in [0.1, 0.15) is 35.9 Å². The van der Waals surface area contributed by atoms with Gasteiger partial charge in [-0.05, 0) is 24.3 Å². The molecule has 1 amide bonds. The number of aliphatic hydroxyl groups is 3. The van der Waals surface area contributed by atoms with Crippen LogP contribution < -0.4 is 14.8 Å². The van der Waals surface area contributed by atoms with E-state index < -0.39 is 47.0 Å². The number of aliphatic hydroxyl groups excluding tert-OH is 3. The lowest BCUT2D eigenvalue weighted by atomic mass is 9.97. The number of carbonyl (C=O) groups excluding carboxylic acids is 1. The molecule has 1 aromatic carbocycles. The molecule has 4 N–H and O–H groups in total. The molecule has 1 aromatic rings. The van der Waals surface area contributed by atoms with E-state index in [1.807, 2.05) is 0 Å². The molecular formula is C15H18Cl3NO7.